The van der Waals surface area contributed by atoms with E-state index in [4.69, 9.17) is 23.2 Å². The molecular weight excluding hydrogens is 285 g/mol. The summed E-state index contributed by atoms with van der Waals surface area (Å²) >= 11 is 11.8. The van der Waals surface area contributed by atoms with Crippen LogP contribution >= 0.6 is 23.2 Å². The molecule has 1 heterocycles. The standard InChI is InChI=1S/C13H13Cl2N3O/c1-8(2)18-13(16-7-17-18)12(19)6-9-3-4-10(14)11(15)5-9/h3-5,7-8H,6H2,1-2H3. The van der Waals surface area contributed by atoms with E-state index in [0.717, 1.165) is 5.56 Å². The number of halogens is 2. The number of hydrogen-bond acceptors (Lipinski definition) is 3. The Morgan fingerprint density at radius 3 is 2.68 bits per heavy atom. The van der Waals surface area contributed by atoms with Gasteiger partial charge in [-0.05, 0) is 31.5 Å². The maximum Gasteiger partial charge on any atom is 0.204 e. The minimum atomic E-state index is -0.0930. The third kappa shape index (κ3) is 3.14. The third-order valence-corrected chi connectivity index (χ3v) is 3.40. The van der Waals surface area contributed by atoms with Crippen molar-refractivity contribution >= 4 is 29.0 Å². The molecule has 0 radical (unpaired) electrons. The highest BCUT2D eigenvalue weighted by Crippen LogP contribution is 2.23. The van der Waals surface area contributed by atoms with Crippen LogP contribution in [-0.2, 0) is 6.42 Å². The fourth-order valence-corrected chi connectivity index (χ4v) is 2.06. The van der Waals surface area contributed by atoms with Crippen molar-refractivity contribution in [3.05, 3.63) is 46.0 Å². The van der Waals surface area contributed by atoms with Crippen molar-refractivity contribution in [2.24, 2.45) is 0 Å². The van der Waals surface area contributed by atoms with Crippen LogP contribution in [0, 0.1) is 0 Å². The zero-order valence-corrected chi connectivity index (χ0v) is 12.1. The number of benzene rings is 1. The normalized spacial score (nSPS) is 11.0. The number of Topliss-reactive ketones (excluding diaryl/α,β-unsaturated/α-hetero) is 1. The SMILES string of the molecule is CC(C)n1ncnc1C(=O)Cc1ccc(Cl)c(Cl)c1. The second-order valence-corrected chi connectivity index (χ2v) is 5.28. The molecule has 1 aromatic carbocycles. The lowest BCUT2D eigenvalue weighted by Gasteiger charge is -2.08. The molecule has 0 spiro atoms. The van der Waals surface area contributed by atoms with Crippen molar-refractivity contribution in [1.29, 1.82) is 0 Å². The summed E-state index contributed by atoms with van der Waals surface area (Å²) in [5, 5.41) is 4.96. The van der Waals surface area contributed by atoms with Crippen molar-refractivity contribution in [2.45, 2.75) is 26.3 Å². The quantitative estimate of drug-likeness (QED) is 0.810. The van der Waals surface area contributed by atoms with Gasteiger partial charge in [0.1, 0.15) is 6.33 Å². The first-order valence-corrected chi connectivity index (χ1v) is 6.61. The summed E-state index contributed by atoms with van der Waals surface area (Å²) in [5.74, 6) is 0.269. The number of hydrogen-bond donors (Lipinski definition) is 0. The molecule has 0 aliphatic carbocycles. The second kappa shape index (κ2) is 5.72. The monoisotopic (exact) mass is 297 g/mol. The van der Waals surface area contributed by atoms with Crippen LogP contribution in [0.3, 0.4) is 0 Å². The summed E-state index contributed by atoms with van der Waals surface area (Å²) in [4.78, 5) is 16.2. The highest BCUT2D eigenvalue weighted by molar-refractivity contribution is 6.42. The van der Waals surface area contributed by atoms with Gasteiger partial charge >= 0.3 is 0 Å². The van der Waals surface area contributed by atoms with E-state index in [1.165, 1.54) is 6.33 Å². The molecule has 2 aromatic rings. The summed E-state index contributed by atoms with van der Waals surface area (Å²) < 4.78 is 1.61. The van der Waals surface area contributed by atoms with Gasteiger partial charge in [0.25, 0.3) is 0 Å². The van der Waals surface area contributed by atoms with E-state index < -0.39 is 0 Å². The van der Waals surface area contributed by atoms with Gasteiger partial charge in [0.05, 0.1) is 10.0 Å². The minimum Gasteiger partial charge on any atom is -0.290 e. The molecule has 0 bridgehead atoms. The maximum atomic E-state index is 12.2. The van der Waals surface area contributed by atoms with Crippen LogP contribution in [0.25, 0.3) is 0 Å². The van der Waals surface area contributed by atoms with Gasteiger partial charge in [-0.2, -0.15) is 5.10 Å². The van der Waals surface area contributed by atoms with Crippen LogP contribution in [-0.4, -0.2) is 20.5 Å². The fourth-order valence-electron chi connectivity index (χ4n) is 1.74. The Morgan fingerprint density at radius 2 is 2.05 bits per heavy atom. The van der Waals surface area contributed by atoms with Gasteiger partial charge in [-0.3, -0.25) is 4.79 Å². The van der Waals surface area contributed by atoms with Gasteiger partial charge in [-0.15, -0.1) is 0 Å². The van der Waals surface area contributed by atoms with Gasteiger partial charge < -0.3 is 0 Å². The molecule has 0 saturated carbocycles. The number of carbonyl (C=O) groups excluding carboxylic acids is 1. The molecule has 6 heteroatoms. The molecule has 0 atom stereocenters. The Bertz CT molecular complexity index is 608. The van der Waals surface area contributed by atoms with Crippen LogP contribution in [0.15, 0.2) is 24.5 Å². The maximum absolute atomic E-state index is 12.2. The Kier molecular flexibility index (Phi) is 4.22. The Morgan fingerprint density at radius 1 is 1.32 bits per heavy atom. The van der Waals surface area contributed by atoms with E-state index in [1.807, 2.05) is 13.8 Å². The first kappa shape index (κ1) is 14.0. The van der Waals surface area contributed by atoms with Crippen molar-refractivity contribution in [1.82, 2.24) is 14.8 Å². The number of carbonyl (C=O) groups is 1. The summed E-state index contributed by atoms with van der Waals surface area (Å²) in [6, 6.07) is 5.25. The predicted octanol–water partition coefficient (Wildman–Crippen LogP) is 3.59. The molecule has 2 rings (SSSR count). The zero-order chi connectivity index (χ0) is 14.0. The summed E-state index contributed by atoms with van der Waals surface area (Å²) in [7, 11) is 0. The molecule has 19 heavy (non-hydrogen) atoms. The molecule has 4 nitrogen and oxygen atoms in total. The van der Waals surface area contributed by atoms with Crippen molar-refractivity contribution in [3.63, 3.8) is 0 Å². The summed E-state index contributed by atoms with van der Waals surface area (Å²) in [6.45, 7) is 3.90. The average Bonchev–Trinajstić information content (AvgIpc) is 2.83. The molecule has 0 unspecified atom stereocenters. The molecule has 1 aromatic heterocycles. The number of ketones is 1. The van der Waals surface area contributed by atoms with Gasteiger partial charge in [0, 0.05) is 12.5 Å². The van der Waals surface area contributed by atoms with E-state index in [2.05, 4.69) is 10.1 Å². The van der Waals surface area contributed by atoms with Crippen LogP contribution in [0.2, 0.25) is 10.0 Å². The molecule has 0 aliphatic rings. The molecule has 0 aliphatic heterocycles. The minimum absolute atomic E-state index is 0.0928. The lowest BCUT2D eigenvalue weighted by atomic mass is 10.1. The van der Waals surface area contributed by atoms with Crippen molar-refractivity contribution < 1.29 is 4.79 Å². The Balaban J connectivity index is 2.21. The molecule has 0 saturated heterocycles. The van der Waals surface area contributed by atoms with Crippen LogP contribution in [0.4, 0.5) is 0 Å². The van der Waals surface area contributed by atoms with E-state index in [1.54, 1.807) is 22.9 Å². The van der Waals surface area contributed by atoms with Gasteiger partial charge in [-0.25, -0.2) is 9.67 Å². The van der Waals surface area contributed by atoms with E-state index in [0.29, 0.717) is 15.9 Å². The molecular formula is C13H13Cl2N3O. The van der Waals surface area contributed by atoms with Gasteiger partial charge in [0.2, 0.25) is 5.78 Å². The largest absolute Gasteiger partial charge is 0.290 e. The Hall–Kier alpha value is -1.39. The smallest absolute Gasteiger partial charge is 0.204 e. The average molecular weight is 298 g/mol. The molecule has 0 N–H and O–H groups in total. The first-order chi connectivity index (χ1) is 8.99. The third-order valence-electron chi connectivity index (χ3n) is 2.66. The van der Waals surface area contributed by atoms with Gasteiger partial charge in [-0.1, -0.05) is 29.3 Å². The van der Waals surface area contributed by atoms with Crippen molar-refractivity contribution in [2.75, 3.05) is 0 Å². The molecule has 0 amide bonds. The molecule has 100 valence electrons. The highest BCUT2D eigenvalue weighted by Gasteiger charge is 2.16. The van der Waals surface area contributed by atoms with Gasteiger partial charge in [0.15, 0.2) is 5.82 Å². The lowest BCUT2D eigenvalue weighted by Crippen LogP contribution is -2.15. The van der Waals surface area contributed by atoms with Crippen LogP contribution < -0.4 is 0 Å². The topological polar surface area (TPSA) is 47.8 Å². The lowest BCUT2D eigenvalue weighted by molar-refractivity contribution is 0.0975. The predicted molar refractivity (Wildman–Crippen MR) is 74.9 cm³/mol. The second-order valence-electron chi connectivity index (χ2n) is 4.47. The first-order valence-electron chi connectivity index (χ1n) is 5.85. The summed E-state index contributed by atoms with van der Waals surface area (Å²) in [5.41, 5.74) is 0.803. The van der Waals surface area contributed by atoms with E-state index in [-0.39, 0.29) is 18.2 Å². The number of nitrogens with zero attached hydrogens (tertiary/aromatic N) is 3. The summed E-state index contributed by atoms with van der Waals surface area (Å²) in [6.07, 6.45) is 1.62. The fraction of sp³-hybridized carbons (Fsp3) is 0.308. The number of rotatable bonds is 4. The number of aromatic nitrogens is 3. The molecule has 0 fully saturated rings. The van der Waals surface area contributed by atoms with E-state index in [9.17, 15) is 4.79 Å². The zero-order valence-electron chi connectivity index (χ0n) is 10.6. The van der Waals surface area contributed by atoms with Crippen molar-refractivity contribution in [3.8, 4) is 0 Å². The van der Waals surface area contributed by atoms with Crippen LogP contribution in [0.1, 0.15) is 36.1 Å². The van der Waals surface area contributed by atoms with E-state index >= 15 is 0 Å². The van der Waals surface area contributed by atoms with Crippen LogP contribution in [0.5, 0.6) is 0 Å². The Labute approximate surface area is 121 Å². The highest BCUT2D eigenvalue weighted by atomic mass is 35.5.